The zero-order valence-corrected chi connectivity index (χ0v) is 8.53. The lowest BCUT2D eigenvalue weighted by Crippen LogP contribution is -1.98. The lowest BCUT2D eigenvalue weighted by atomic mass is 10.1. The van der Waals surface area contributed by atoms with Crippen LogP contribution in [0.4, 0.5) is 0 Å². The maximum atomic E-state index is 9.18. The number of hydrogen-bond acceptors (Lipinski definition) is 1. The minimum absolute atomic E-state index is 0.453. The van der Waals surface area contributed by atoms with E-state index >= 15 is 0 Å². The SMILES string of the molecule is CCC(O)C#CCCc1ccccc1. The molecule has 0 radical (unpaired) electrons. The van der Waals surface area contributed by atoms with E-state index in [4.69, 9.17) is 0 Å². The first-order valence-corrected chi connectivity index (χ1v) is 5.03. The van der Waals surface area contributed by atoms with Gasteiger partial charge in [0.2, 0.25) is 0 Å². The van der Waals surface area contributed by atoms with Gasteiger partial charge in [-0.05, 0) is 18.4 Å². The van der Waals surface area contributed by atoms with Crippen LogP contribution in [0.3, 0.4) is 0 Å². The average Bonchev–Trinajstić information content (AvgIpc) is 2.25. The zero-order valence-electron chi connectivity index (χ0n) is 8.53. The van der Waals surface area contributed by atoms with Crippen molar-refractivity contribution in [2.24, 2.45) is 0 Å². The van der Waals surface area contributed by atoms with E-state index in [1.54, 1.807) is 0 Å². The summed E-state index contributed by atoms with van der Waals surface area (Å²) in [6.45, 7) is 1.93. The van der Waals surface area contributed by atoms with Crippen LogP contribution in [0.15, 0.2) is 30.3 Å². The summed E-state index contributed by atoms with van der Waals surface area (Å²) in [6.07, 6.45) is 2.04. The second-order valence-corrected chi connectivity index (χ2v) is 3.23. The minimum atomic E-state index is -0.453. The molecule has 1 aromatic rings. The van der Waals surface area contributed by atoms with Crippen LogP contribution in [0.5, 0.6) is 0 Å². The maximum absolute atomic E-state index is 9.18. The Kier molecular flexibility index (Phi) is 4.82. The monoisotopic (exact) mass is 188 g/mol. The smallest absolute Gasteiger partial charge is 0.114 e. The second kappa shape index (κ2) is 6.23. The van der Waals surface area contributed by atoms with Gasteiger partial charge in [0.05, 0.1) is 0 Å². The van der Waals surface area contributed by atoms with Gasteiger partial charge < -0.3 is 5.11 Å². The predicted molar refractivity (Wildman–Crippen MR) is 58.8 cm³/mol. The molecule has 0 aliphatic rings. The largest absolute Gasteiger partial charge is 0.380 e. The highest BCUT2D eigenvalue weighted by atomic mass is 16.3. The Labute approximate surface area is 85.8 Å². The third-order valence-corrected chi connectivity index (χ3v) is 2.04. The van der Waals surface area contributed by atoms with Crippen LogP contribution in [0.1, 0.15) is 25.3 Å². The first kappa shape index (κ1) is 10.8. The molecule has 14 heavy (non-hydrogen) atoms. The van der Waals surface area contributed by atoms with Gasteiger partial charge in [0.25, 0.3) is 0 Å². The number of hydrogen-bond donors (Lipinski definition) is 1. The molecule has 0 aliphatic carbocycles. The van der Waals surface area contributed by atoms with Crippen molar-refractivity contribution in [3.8, 4) is 11.8 Å². The summed E-state index contributed by atoms with van der Waals surface area (Å²) in [5.74, 6) is 5.79. The van der Waals surface area contributed by atoms with Crippen molar-refractivity contribution in [1.82, 2.24) is 0 Å². The van der Waals surface area contributed by atoms with E-state index in [1.807, 2.05) is 25.1 Å². The molecule has 0 fully saturated rings. The van der Waals surface area contributed by atoms with Gasteiger partial charge in [0.15, 0.2) is 0 Å². The highest BCUT2D eigenvalue weighted by Gasteiger charge is 1.91. The molecule has 0 heterocycles. The molecule has 0 aromatic heterocycles. The predicted octanol–water partition coefficient (Wildman–Crippen LogP) is 2.39. The van der Waals surface area contributed by atoms with E-state index < -0.39 is 6.10 Å². The minimum Gasteiger partial charge on any atom is -0.380 e. The van der Waals surface area contributed by atoms with E-state index in [0.29, 0.717) is 6.42 Å². The molecular formula is C13H16O. The number of rotatable bonds is 3. The first-order chi connectivity index (χ1) is 6.83. The van der Waals surface area contributed by atoms with Crippen LogP contribution in [-0.4, -0.2) is 11.2 Å². The molecule has 0 bridgehead atoms. The summed E-state index contributed by atoms with van der Waals surface area (Å²) in [5, 5.41) is 9.18. The van der Waals surface area contributed by atoms with Gasteiger partial charge in [-0.15, -0.1) is 5.92 Å². The summed E-state index contributed by atoms with van der Waals surface area (Å²) in [4.78, 5) is 0. The summed E-state index contributed by atoms with van der Waals surface area (Å²) in [7, 11) is 0. The van der Waals surface area contributed by atoms with Crippen LogP contribution < -0.4 is 0 Å². The molecule has 1 N–H and O–H groups in total. The van der Waals surface area contributed by atoms with Crippen molar-refractivity contribution in [3.05, 3.63) is 35.9 Å². The molecule has 1 rings (SSSR count). The first-order valence-electron chi connectivity index (χ1n) is 5.03. The fourth-order valence-electron chi connectivity index (χ4n) is 1.14. The highest BCUT2D eigenvalue weighted by Crippen LogP contribution is 2.01. The number of aryl methyl sites for hydroxylation is 1. The van der Waals surface area contributed by atoms with E-state index in [-0.39, 0.29) is 0 Å². The van der Waals surface area contributed by atoms with Crippen molar-refractivity contribution >= 4 is 0 Å². The third kappa shape index (κ3) is 4.11. The number of aliphatic hydroxyl groups is 1. The molecule has 0 amide bonds. The molecule has 0 aliphatic heterocycles. The Hall–Kier alpha value is -1.26. The summed E-state index contributed by atoms with van der Waals surface area (Å²) in [5.41, 5.74) is 1.30. The third-order valence-electron chi connectivity index (χ3n) is 2.04. The molecule has 1 unspecified atom stereocenters. The van der Waals surface area contributed by atoms with Gasteiger partial charge in [-0.25, -0.2) is 0 Å². The Bertz CT molecular complexity index is 305. The van der Waals surface area contributed by atoms with Crippen molar-refractivity contribution < 1.29 is 5.11 Å². The van der Waals surface area contributed by atoms with E-state index in [0.717, 1.165) is 12.8 Å². The van der Waals surface area contributed by atoms with Gasteiger partial charge >= 0.3 is 0 Å². The fourth-order valence-corrected chi connectivity index (χ4v) is 1.14. The van der Waals surface area contributed by atoms with Gasteiger partial charge in [-0.2, -0.15) is 0 Å². The standard InChI is InChI=1S/C13H16O/c1-2-13(14)11-7-6-10-12-8-4-3-5-9-12/h3-5,8-9,13-14H,2,6,10H2,1H3. The quantitative estimate of drug-likeness (QED) is 0.722. The molecular weight excluding hydrogens is 172 g/mol. The van der Waals surface area contributed by atoms with Crippen LogP contribution >= 0.6 is 0 Å². The summed E-state index contributed by atoms with van der Waals surface area (Å²) >= 11 is 0. The van der Waals surface area contributed by atoms with E-state index in [9.17, 15) is 5.11 Å². The van der Waals surface area contributed by atoms with Gasteiger partial charge in [-0.1, -0.05) is 43.2 Å². The van der Waals surface area contributed by atoms with Crippen LogP contribution in [0.2, 0.25) is 0 Å². The van der Waals surface area contributed by atoms with Crippen LogP contribution in [0.25, 0.3) is 0 Å². The molecule has 1 aromatic carbocycles. The molecule has 74 valence electrons. The summed E-state index contributed by atoms with van der Waals surface area (Å²) in [6, 6.07) is 10.3. The number of benzene rings is 1. The molecule has 1 heteroatoms. The van der Waals surface area contributed by atoms with E-state index in [1.165, 1.54) is 5.56 Å². The average molecular weight is 188 g/mol. The van der Waals surface area contributed by atoms with Crippen LogP contribution in [-0.2, 0) is 6.42 Å². The lowest BCUT2D eigenvalue weighted by Gasteiger charge is -1.96. The van der Waals surface area contributed by atoms with Crippen molar-refractivity contribution in [3.63, 3.8) is 0 Å². The fraction of sp³-hybridized carbons (Fsp3) is 0.385. The topological polar surface area (TPSA) is 20.2 Å². The van der Waals surface area contributed by atoms with Crippen molar-refractivity contribution in [2.75, 3.05) is 0 Å². The van der Waals surface area contributed by atoms with Gasteiger partial charge in [-0.3, -0.25) is 0 Å². The van der Waals surface area contributed by atoms with E-state index in [2.05, 4.69) is 24.0 Å². The summed E-state index contributed by atoms with van der Waals surface area (Å²) < 4.78 is 0. The normalized spacial score (nSPS) is 11.6. The van der Waals surface area contributed by atoms with Crippen molar-refractivity contribution in [2.45, 2.75) is 32.3 Å². The van der Waals surface area contributed by atoms with Crippen LogP contribution in [0, 0.1) is 11.8 Å². The molecule has 0 saturated carbocycles. The molecule has 1 atom stereocenters. The van der Waals surface area contributed by atoms with Crippen molar-refractivity contribution in [1.29, 1.82) is 0 Å². The second-order valence-electron chi connectivity index (χ2n) is 3.23. The molecule has 0 spiro atoms. The highest BCUT2D eigenvalue weighted by molar-refractivity contribution is 5.16. The maximum Gasteiger partial charge on any atom is 0.114 e. The van der Waals surface area contributed by atoms with Gasteiger partial charge in [0, 0.05) is 6.42 Å². The molecule has 0 saturated heterocycles. The lowest BCUT2D eigenvalue weighted by molar-refractivity contribution is 0.228. The molecule has 1 nitrogen and oxygen atoms in total. The Morgan fingerprint density at radius 3 is 2.64 bits per heavy atom. The number of aliphatic hydroxyl groups excluding tert-OH is 1. The van der Waals surface area contributed by atoms with Gasteiger partial charge in [0.1, 0.15) is 6.10 Å². The Balaban J connectivity index is 2.31. The Morgan fingerprint density at radius 2 is 2.00 bits per heavy atom. The Morgan fingerprint density at radius 1 is 1.29 bits per heavy atom. The zero-order chi connectivity index (χ0) is 10.2.